The minimum absolute atomic E-state index is 0.669. The Balaban J connectivity index is 2.49. The Kier molecular flexibility index (Phi) is 7.87. The fraction of sp³-hybridized carbons (Fsp3) is 0.750. The zero-order valence-electron chi connectivity index (χ0n) is 14.1. The second-order valence-corrected chi connectivity index (χ2v) is 5.38. The number of aryl methyl sites for hydroxylation is 2. The molecule has 21 heavy (non-hydrogen) atoms. The molecule has 5 heteroatoms. The van der Waals surface area contributed by atoms with E-state index < -0.39 is 0 Å². The van der Waals surface area contributed by atoms with Crippen molar-refractivity contribution in [1.82, 2.24) is 15.8 Å². The van der Waals surface area contributed by atoms with Crippen LogP contribution in [-0.2, 0) is 6.42 Å². The van der Waals surface area contributed by atoms with Gasteiger partial charge in [0.2, 0.25) is 0 Å². The first-order valence-corrected chi connectivity index (χ1v) is 8.06. The van der Waals surface area contributed by atoms with Gasteiger partial charge in [0.1, 0.15) is 5.76 Å². The minimum Gasteiger partial charge on any atom is -0.361 e. The summed E-state index contributed by atoms with van der Waals surface area (Å²) in [7, 11) is 0. The maximum Gasteiger partial charge on any atom is 0.191 e. The van der Waals surface area contributed by atoms with Crippen molar-refractivity contribution in [2.75, 3.05) is 19.6 Å². The highest BCUT2D eigenvalue weighted by Crippen LogP contribution is 2.12. The Morgan fingerprint density at radius 3 is 2.43 bits per heavy atom. The molecule has 0 aliphatic rings. The molecule has 0 aliphatic carbocycles. The van der Waals surface area contributed by atoms with Crippen molar-refractivity contribution >= 4 is 5.96 Å². The van der Waals surface area contributed by atoms with Gasteiger partial charge in [-0.05, 0) is 33.1 Å². The third-order valence-electron chi connectivity index (χ3n) is 3.86. The fourth-order valence-corrected chi connectivity index (χ4v) is 2.27. The van der Waals surface area contributed by atoms with E-state index in [0.29, 0.717) is 5.92 Å². The molecule has 0 radical (unpaired) electrons. The van der Waals surface area contributed by atoms with Crippen LogP contribution in [0.5, 0.6) is 0 Å². The van der Waals surface area contributed by atoms with E-state index in [9.17, 15) is 0 Å². The second-order valence-electron chi connectivity index (χ2n) is 5.38. The Bertz CT molecular complexity index is 416. The van der Waals surface area contributed by atoms with E-state index in [1.54, 1.807) is 0 Å². The molecule has 0 spiro atoms. The van der Waals surface area contributed by atoms with Crippen LogP contribution in [0.15, 0.2) is 9.52 Å². The lowest BCUT2D eigenvalue weighted by molar-refractivity contribution is 0.392. The quantitative estimate of drug-likeness (QED) is 0.571. The van der Waals surface area contributed by atoms with E-state index in [2.05, 4.69) is 41.6 Å². The molecular weight excluding hydrogens is 264 g/mol. The molecule has 0 amide bonds. The van der Waals surface area contributed by atoms with E-state index >= 15 is 0 Å². The number of aliphatic imine (C=N–C) groups is 1. The predicted molar refractivity (Wildman–Crippen MR) is 87.7 cm³/mol. The zero-order valence-corrected chi connectivity index (χ0v) is 14.1. The summed E-state index contributed by atoms with van der Waals surface area (Å²) in [5.74, 6) is 2.48. The van der Waals surface area contributed by atoms with Crippen molar-refractivity contribution in [3.05, 3.63) is 17.0 Å². The van der Waals surface area contributed by atoms with Gasteiger partial charge in [-0.25, -0.2) is 0 Å². The highest BCUT2D eigenvalue weighted by atomic mass is 16.5. The van der Waals surface area contributed by atoms with Gasteiger partial charge in [0.25, 0.3) is 0 Å². The van der Waals surface area contributed by atoms with Crippen LogP contribution >= 0.6 is 0 Å². The molecule has 1 heterocycles. The largest absolute Gasteiger partial charge is 0.361 e. The maximum absolute atomic E-state index is 5.18. The molecule has 0 aromatic carbocycles. The number of hydrogen-bond donors (Lipinski definition) is 2. The molecule has 120 valence electrons. The number of guanidine groups is 1. The number of aromatic nitrogens is 1. The molecule has 1 rings (SSSR count). The lowest BCUT2D eigenvalue weighted by atomic mass is 10.0. The van der Waals surface area contributed by atoms with Gasteiger partial charge in [0.05, 0.1) is 5.69 Å². The Labute approximate surface area is 128 Å². The first-order chi connectivity index (χ1) is 10.1. The summed E-state index contributed by atoms with van der Waals surface area (Å²) in [4.78, 5) is 4.67. The molecule has 0 bridgehead atoms. The highest BCUT2D eigenvalue weighted by molar-refractivity contribution is 5.79. The zero-order chi connectivity index (χ0) is 15.7. The molecule has 5 nitrogen and oxygen atoms in total. The third-order valence-corrected chi connectivity index (χ3v) is 3.86. The van der Waals surface area contributed by atoms with Crippen molar-refractivity contribution in [3.8, 4) is 0 Å². The molecule has 2 N–H and O–H groups in total. The van der Waals surface area contributed by atoms with Crippen LogP contribution in [0.4, 0.5) is 0 Å². The summed E-state index contributed by atoms with van der Waals surface area (Å²) in [6.07, 6.45) is 3.26. The summed E-state index contributed by atoms with van der Waals surface area (Å²) < 4.78 is 5.18. The van der Waals surface area contributed by atoms with Gasteiger partial charge in [0, 0.05) is 25.2 Å². The van der Waals surface area contributed by atoms with Gasteiger partial charge in [-0.2, -0.15) is 0 Å². The molecule has 1 aromatic rings. The van der Waals surface area contributed by atoms with E-state index in [1.165, 1.54) is 18.4 Å². The number of nitrogens with one attached hydrogen (secondary N) is 2. The van der Waals surface area contributed by atoms with Crippen molar-refractivity contribution in [1.29, 1.82) is 0 Å². The van der Waals surface area contributed by atoms with Crippen molar-refractivity contribution in [3.63, 3.8) is 0 Å². The lowest BCUT2D eigenvalue weighted by Gasteiger charge is -2.13. The van der Waals surface area contributed by atoms with E-state index in [-0.39, 0.29) is 0 Å². The standard InChI is InChI=1S/C16H30N4O/c1-6-14(7-2)11-19-16(17-8-3)18-10-9-15-12(4)20-21-13(15)5/h14H,6-11H2,1-5H3,(H2,17,18,19). The smallest absolute Gasteiger partial charge is 0.191 e. The molecule has 0 aliphatic heterocycles. The van der Waals surface area contributed by atoms with Crippen LogP contribution in [-0.4, -0.2) is 30.8 Å². The monoisotopic (exact) mass is 294 g/mol. The fourth-order valence-electron chi connectivity index (χ4n) is 2.27. The van der Waals surface area contributed by atoms with Crippen molar-refractivity contribution < 1.29 is 4.52 Å². The van der Waals surface area contributed by atoms with E-state index in [1.807, 2.05) is 13.8 Å². The van der Waals surface area contributed by atoms with Crippen LogP contribution in [0.1, 0.15) is 50.6 Å². The molecular formula is C16H30N4O. The molecule has 1 aromatic heterocycles. The Morgan fingerprint density at radius 2 is 1.90 bits per heavy atom. The highest BCUT2D eigenvalue weighted by Gasteiger charge is 2.09. The first kappa shape index (κ1) is 17.5. The average molecular weight is 294 g/mol. The summed E-state index contributed by atoms with van der Waals surface area (Å²) in [5.41, 5.74) is 2.17. The first-order valence-electron chi connectivity index (χ1n) is 8.06. The minimum atomic E-state index is 0.669. The van der Waals surface area contributed by atoms with Gasteiger partial charge in [-0.3, -0.25) is 4.99 Å². The number of rotatable bonds is 8. The molecule has 0 saturated heterocycles. The normalized spacial score (nSPS) is 12.0. The van der Waals surface area contributed by atoms with Gasteiger partial charge in [-0.1, -0.05) is 31.8 Å². The molecule has 0 unspecified atom stereocenters. The molecule has 0 atom stereocenters. The van der Waals surface area contributed by atoms with Gasteiger partial charge in [0.15, 0.2) is 5.96 Å². The second kappa shape index (κ2) is 9.42. The van der Waals surface area contributed by atoms with Crippen LogP contribution < -0.4 is 10.6 Å². The third kappa shape index (κ3) is 5.78. The van der Waals surface area contributed by atoms with Crippen LogP contribution in [0.25, 0.3) is 0 Å². The summed E-state index contributed by atoms with van der Waals surface area (Å²) in [5, 5.41) is 10.7. The number of nitrogens with zero attached hydrogens (tertiary/aromatic N) is 2. The summed E-state index contributed by atoms with van der Waals surface area (Å²) in [6, 6.07) is 0. The van der Waals surface area contributed by atoms with Gasteiger partial charge in [-0.15, -0.1) is 0 Å². The lowest BCUT2D eigenvalue weighted by Crippen LogP contribution is -2.38. The predicted octanol–water partition coefficient (Wildman–Crippen LogP) is 2.83. The average Bonchev–Trinajstić information content (AvgIpc) is 2.79. The summed E-state index contributed by atoms with van der Waals surface area (Å²) in [6.45, 7) is 13.1. The van der Waals surface area contributed by atoms with Crippen LogP contribution in [0, 0.1) is 19.8 Å². The van der Waals surface area contributed by atoms with Crippen LogP contribution in [0.3, 0.4) is 0 Å². The SMILES string of the molecule is CCNC(=NCC(CC)CC)NCCc1c(C)noc1C. The Morgan fingerprint density at radius 1 is 1.19 bits per heavy atom. The molecule has 0 saturated carbocycles. The van der Waals surface area contributed by atoms with Crippen molar-refractivity contribution in [2.24, 2.45) is 10.9 Å². The van der Waals surface area contributed by atoms with Gasteiger partial charge >= 0.3 is 0 Å². The van der Waals surface area contributed by atoms with Crippen molar-refractivity contribution in [2.45, 2.75) is 53.9 Å². The van der Waals surface area contributed by atoms with E-state index in [0.717, 1.165) is 43.5 Å². The Hall–Kier alpha value is -1.52. The van der Waals surface area contributed by atoms with E-state index in [4.69, 9.17) is 4.52 Å². The number of hydrogen-bond acceptors (Lipinski definition) is 3. The molecule has 0 fully saturated rings. The maximum atomic E-state index is 5.18. The van der Waals surface area contributed by atoms with Crippen LogP contribution in [0.2, 0.25) is 0 Å². The summed E-state index contributed by atoms with van der Waals surface area (Å²) >= 11 is 0. The topological polar surface area (TPSA) is 62.5 Å². The van der Waals surface area contributed by atoms with Gasteiger partial charge < -0.3 is 15.2 Å².